The van der Waals surface area contributed by atoms with Crippen LogP contribution in [0.5, 0.6) is 0 Å². The molecule has 3 aliphatic rings. The van der Waals surface area contributed by atoms with Gasteiger partial charge in [0.25, 0.3) is 0 Å². The van der Waals surface area contributed by atoms with Crippen molar-refractivity contribution in [2.24, 2.45) is 5.41 Å². The third-order valence-electron chi connectivity index (χ3n) is 5.84. The van der Waals surface area contributed by atoms with E-state index in [0.717, 1.165) is 18.7 Å². The molecule has 0 aromatic rings. The maximum absolute atomic E-state index is 6.00. The second-order valence-corrected chi connectivity index (χ2v) is 6.92. The highest BCUT2D eigenvalue weighted by molar-refractivity contribution is 5.10. The van der Waals surface area contributed by atoms with Crippen molar-refractivity contribution in [2.75, 3.05) is 26.7 Å². The lowest BCUT2D eigenvalue weighted by Crippen LogP contribution is -2.65. The molecule has 3 fully saturated rings. The maximum atomic E-state index is 6.00. The Morgan fingerprint density at radius 1 is 1.21 bits per heavy atom. The number of ether oxygens (including phenoxy) is 1. The minimum absolute atomic E-state index is 0.499. The Balaban J connectivity index is 1.56. The van der Waals surface area contributed by atoms with Crippen molar-refractivity contribution in [3.63, 3.8) is 0 Å². The summed E-state index contributed by atoms with van der Waals surface area (Å²) in [7, 11) is 2.24. The summed E-state index contributed by atoms with van der Waals surface area (Å²) in [4.78, 5) is 2.45. The minimum atomic E-state index is 0.499. The third kappa shape index (κ3) is 2.57. The first kappa shape index (κ1) is 13.8. The van der Waals surface area contributed by atoms with Gasteiger partial charge >= 0.3 is 0 Å². The number of hydrogen-bond donors (Lipinski definition) is 1. The standard InChI is InChI=1S/C16H30N2O/c1-3-19-15-12-14(16(15)8-4-5-9-16)17-13-6-10-18(2)11-7-13/h13-15,17H,3-12H2,1-2H3. The molecule has 2 aliphatic carbocycles. The van der Waals surface area contributed by atoms with Gasteiger partial charge in [-0.2, -0.15) is 0 Å². The van der Waals surface area contributed by atoms with Gasteiger partial charge in [-0.25, -0.2) is 0 Å². The van der Waals surface area contributed by atoms with E-state index in [-0.39, 0.29) is 0 Å². The highest BCUT2D eigenvalue weighted by atomic mass is 16.5. The van der Waals surface area contributed by atoms with Crippen LogP contribution in [-0.4, -0.2) is 49.8 Å². The fraction of sp³-hybridized carbons (Fsp3) is 1.00. The number of rotatable bonds is 4. The van der Waals surface area contributed by atoms with E-state index in [9.17, 15) is 0 Å². The molecule has 1 saturated heterocycles. The van der Waals surface area contributed by atoms with Crippen LogP contribution in [-0.2, 0) is 4.74 Å². The number of likely N-dealkylation sites (tertiary alicyclic amines) is 1. The molecule has 0 radical (unpaired) electrons. The molecule has 1 heterocycles. The summed E-state index contributed by atoms with van der Waals surface area (Å²) in [5, 5.41) is 3.99. The van der Waals surface area contributed by atoms with Crippen molar-refractivity contribution < 1.29 is 4.74 Å². The molecule has 1 N–H and O–H groups in total. The van der Waals surface area contributed by atoms with E-state index in [0.29, 0.717) is 11.5 Å². The second kappa shape index (κ2) is 5.71. The van der Waals surface area contributed by atoms with Gasteiger partial charge in [-0.1, -0.05) is 12.8 Å². The van der Waals surface area contributed by atoms with Crippen LogP contribution in [0.25, 0.3) is 0 Å². The molecule has 1 spiro atoms. The molecule has 0 amide bonds. The molecule has 2 unspecified atom stereocenters. The Morgan fingerprint density at radius 3 is 2.53 bits per heavy atom. The highest BCUT2D eigenvalue weighted by Crippen LogP contribution is 2.54. The highest BCUT2D eigenvalue weighted by Gasteiger charge is 2.56. The van der Waals surface area contributed by atoms with Gasteiger partial charge in [0.15, 0.2) is 0 Å². The molecule has 0 bridgehead atoms. The maximum Gasteiger partial charge on any atom is 0.0661 e. The molecular formula is C16H30N2O. The predicted molar refractivity (Wildman–Crippen MR) is 78.4 cm³/mol. The van der Waals surface area contributed by atoms with Crippen LogP contribution in [0.3, 0.4) is 0 Å². The van der Waals surface area contributed by atoms with Gasteiger partial charge in [0.2, 0.25) is 0 Å². The number of hydrogen-bond acceptors (Lipinski definition) is 3. The molecule has 0 aromatic heterocycles. The number of nitrogens with zero attached hydrogens (tertiary/aromatic N) is 1. The number of nitrogens with one attached hydrogen (secondary N) is 1. The van der Waals surface area contributed by atoms with Gasteiger partial charge in [0.1, 0.15) is 0 Å². The predicted octanol–water partition coefficient (Wildman–Crippen LogP) is 2.41. The lowest BCUT2D eigenvalue weighted by Gasteiger charge is -2.55. The van der Waals surface area contributed by atoms with Crippen LogP contribution in [0.15, 0.2) is 0 Å². The zero-order valence-electron chi connectivity index (χ0n) is 12.7. The molecule has 3 rings (SSSR count). The quantitative estimate of drug-likeness (QED) is 0.845. The normalized spacial score (nSPS) is 35.7. The van der Waals surface area contributed by atoms with E-state index in [1.807, 2.05) is 0 Å². The minimum Gasteiger partial charge on any atom is -0.378 e. The Bertz CT molecular complexity index is 293. The zero-order chi connectivity index (χ0) is 13.3. The van der Waals surface area contributed by atoms with E-state index in [1.54, 1.807) is 0 Å². The van der Waals surface area contributed by atoms with Crippen molar-refractivity contribution in [3.8, 4) is 0 Å². The first-order valence-electron chi connectivity index (χ1n) is 8.31. The van der Waals surface area contributed by atoms with Crippen molar-refractivity contribution in [2.45, 2.75) is 70.1 Å². The summed E-state index contributed by atoms with van der Waals surface area (Å²) in [5.74, 6) is 0. The van der Waals surface area contributed by atoms with Crippen molar-refractivity contribution in [1.29, 1.82) is 0 Å². The topological polar surface area (TPSA) is 24.5 Å². The van der Waals surface area contributed by atoms with Crippen LogP contribution >= 0.6 is 0 Å². The van der Waals surface area contributed by atoms with E-state index in [4.69, 9.17) is 4.74 Å². The SMILES string of the molecule is CCOC1CC(NC2CCN(C)CC2)C12CCCC2. The summed E-state index contributed by atoms with van der Waals surface area (Å²) in [5.41, 5.74) is 0.499. The van der Waals surface area contributed by atoms with Gasteiger partial charge in [-0.15, -0.1) is 0 Å². The lowest BCUT2D eigenvalue weighted by molar-refractivity contribution is -0.133. The lowest BCUT2D eigenvalue weighted by atomic mass is 9.60. The van der Waals surface area contributed by atoms with E-state index in [2.05, 4.69) is 24.2 Å². The van der Waals surface area contributed by atoms with Crippen LogP contribution in [0.2, 0.25) is 0 Å². The van der Waals surface area contributed by atoms with E-state index >= 15 is 0 Å². The Hall–Kier alpha value is -0.120. The summed E-state index contributed by atoms with van der Waals surface area (Å²) in [6, 6.07) is 1.49. The fourth-order valence-corrected chi connectivity index (χ4v) is 4.58. The van der Waals surface area contributed by atoms with Crippen molar-refractivity contribution in [1.82, 2.24) is 10.2 Å². The van der Waals surface area contributed by atoms with Crippen LogP contribution in [0.1, 0.15) is 51.9 Å². The molecule has 110 valence electrons. The van der Waals surface area contributed by atoms with Gasteiger partial charge < -0.3 is 15.0 Å². The average molecular weight is 266 g/mol. The summed E-state index contributed by atoms with van der Waals surface area (Å²) >= 11 is 0. The molecule has 3 nitrogen and oxygen atoms in total. The smallest absolute Gasteiger partial charge is 0.0661 e. The molecule has 2 atom stereocenters. The van der Waals surface area contributed by atoms with Crippen LogP contribution in [0.4, 0.5) is 0 Å². The van der Waals surface area contributed by atoms with Gasteiger partial charge in [-0.05, 0) is 59.2 Å². The molecule has 0 aromatic carbocycles. The van der Waals surface area contributed by atoms with Crippen LogP contribution < -0.4 is 5.32 Å². The largest absolute Gasteiger partial charge is 0.378 e. The zero-order valence-corrected chi connectivity index (χ0v) is 12.7. The molecule has 1 aliphatic heterocycles. The fourth-order valence-electron chi connectivity index (χ4n) is 4.58. The average Bonchev–Trinajstić information content (AvgIpc) is 2.92. The Kier molecular flexibility index (Phi) is 4.16. The van der Waals surface area contributed by atoms with Gasteiger partial charge in [0.05, 0.1) is 6.10 Å². The van der Waals surface area contributed by atoms with E-state index < -0.39 is 0 Å². The van der Waals surface area contributed by atoms with E-state index in [1.165, 1.54) is 58.0 Å². The second-order valence-electron chi connectivity index (χ2n) is 6.92. The Labute approximate surface area is 118 Å². The summed E-state index contributed by atoms with van der Waals surface area (Å²) in [6.07, 6.45) is 10.0. The third-order valence-corrected chi connectivity index (χ3v) is 5.84. The first-order valence-corrected chi connectivity index (χ1v) is 8.31. The molecule has 3 heteroatoms. The van der Waals surface area contributed by atoms with Gasteiger partial charge in [-0.3, -0.25) is 0 Å². The number of piperidine rings is 1. The van der Waals surface area contributed by atoms with Crippen molar-refractivity contribution >= 4 is 0 Å². The molecule has 2 saturated carbocycles. The summed E-state index contributed by atoms with van der Waals surface area (Å²) in [6.45, 7) is 5.53. The Morgan fingerprint density at radius 2 is 1.89 bits per heavy atom. The first-order chi connectivity index (χ1) is 9.24. The molecular weight excluding hydrogens is 236 g/mol. The van der Waals surface area contributed by atoms with Crippen molar-refractivity contribution in [3.05, 3.63) is 0 Å². The van der Waals surface area contributed by atoms with Crippen LogP contribution in [0, 0.1) is 5.41 Å². The molecule has 19 heavy (non-hydrogen) atoms. The van der Waals surface area contributed by atoms with Gasteiger partial charge in [0, 0.05) is 24.1 Å². The summed E-state index contributed by atoms with van der Waals surface area (Å²) < 4.78 is 6.00. The monoisotopic (exact) mass is 266 g/mol.